The predicted octanol–water partition coefficient (Wildman–Crippen LogP) is 2.46. The van der Waals surface area contributed by atoms with Crippen molar-refractivity contribution in [1.82, 2.24) is 15.1 Å². The average Bonchev–Trinajstić information content (AvgIpc) is 3.17. The van der Waals surface area contributed by atoms with Crippen LogP contribution >= 0.6 is 0 Å². The second-order valence-corrected chi connectivity index (χ2v) is 9.70. The molecule has 0 aromatic heterocycles. The molecule has 3 fully saturated rings. The molecule has 0 spiro atoms. The van der Waals surface area contributed by atoms with Crippen LogP contribution in [0.5, 0.6) is 0 Å². The molecule has 164 valence electrons. The third-order valence-corrected chi connectivity index (χ3v) is 7.55. The molecule has 0 bridgehead atoms. The molecule has 3 rings (SSSR count). The fourth-order valence-electron chi connectivity index (χ4n) is 5.63. The van der Waals surface area contributed by atoms with Crippen LogP contribution in [0, 0.1) is 11.8 Å². The minimum atomic E-state index is -0.0803. The summed E-state index contributed by atoms with van der Waals surface area (Å²) in [6, 6.07) is 0.640. The van der Waals surface area contributed by atoms with E-state index in [1.165, 1.54) is 71.1 Å². The van der Waals surface area contributed by atoms with Gasteiger partial charge in [0, 0.05) is 19.1 Å². The number of hydrogen-bond donors (Lipinski definition) is 3. The monoisotopic (exact) mass is 395 g/mol. The normalized spacial score (nSPS) is 30.1. The van der Waals surface area contributed by atoms with E-state index in [4.69, 9.17) is 0 Å². The van der Waals surface area contributed by atoms with Crippen LogP contribution < -0.4 is 5.32 Å². The second-order valence-electron chi connectivity index (χ2n) is 9.70. The molecule has 28 heavy (non-hydrogen) atoms. The number of piperidine rings is 2. The molecule has 0 radical (unpaired) electrons. The van der Waals surface area contributed by atoms with Crippen molar-refractivity contribution in [2.75, 3.05) is 45.8 Å². The van der Waals surface area contributed by atoms with Gasteiger partial charge in [-0.05, 0) is 109 Å². The summed E-state index contributed by atoms with van der Waals surface area (Å²) in [4.78, 5) is 5.16. The van der Waals surface area contributed by atoms with Gasteiger partial charge in [0.25, 0.3) is 0 Å². The summed E-state index contributed by atoms with van der Waals surface area (Å²) in [6.45, 7) is 10.2. The Morgan fingerprint density at radius 2 is 1.50 bits per heavy atom. The summed E-state index contributed by atoms with van der Waals surface area (Å²) in [5.74, 6) is 1.25. The third kappa shape index (κ3) is 7.24. The van der Waals surface area contributed by atoms with Crippen molar-refractivity contribution in [3.05, 3.63) is 0 Å². The highest BCUT2D eigenvalue weighted by Crippen LogP contribution is 2.33. The van der Waals surface area contributed by atoms with Crippen LogP contribution in [0.4, 0.5) is 0 Å². The Kier molecular flexibility index (Phi) is 9.52. The van der Waals surface area contributed by atoms with E-state index in [1.54, 1.807) is 0 Å². The van der Waals surface area contributed by atoms with Gasteiger partial charge in [-0.2, -0.15) is 0 Å². The zero-order chi connectivity index (χ0) is 19.8. The average molecular weight is 396 g/mol. The van der Waals surface area contributed by atoms with Gasteiger partial charge in [-0.1, -0.05) is 6.92 Å². The van der Waals surface area contributed by atoms with Crippen molar-refractivity contribution < 1.29 is 10.2 Å². The van der Waals surface area contributed by atoms with Gasteiger partial charge in [0.2, 0.25) is 0 Å². The Bertz CT molecular complexity index is 420. The highest BCUT2D eigenvalue weighted by Gasteiger charge is 2.31. The lowest BCUT2D eigenvalue weighted by atomic mass is 9.86. The molecule has 1 saturated carbocycles. The molecule has 5 heteroatoms. The highest BCUT2D eigenvalue weighted by molar-refractivity contribution is 4.86. The third-order valence-electron chi connectivity index (χ3n) is 7.55. The lowest BCUT2D eigenvalue weighted by molar-refractivity contribution is 0.0641. The number of nitrogens with one attached hydrogen (secondary N) is 1. The molecule has 3 aliphatic rings. The number of nitrogens with zero attached hydrogens (tertiary/aromatic N) is 2. The minimum absolute atomic E-state index is 0.0563. The summed E-state index contributed by atoms with van der Waals surface area (Å²) < 4.78 is 0. The molecular weight excluding hydrogens is 350 g/mol. The van der Waals surface area contributed by atoms with Crippen LogP contribution in [0.2, 0.25) is 0 Å². The fraction of sp³-hybridized carbons (Fsp3) is 1.00. The van der Waals surface area contributed by atoms with Gasteiger partial charge < -0.3 is 25.3 Å². The maximum absolute atomic E-state index is 10.7. The van der Waals surface area contributed by atoms with Gasteiger partial charge in [-0.15, -0.1) is 0 Å². The molecule has 0 amide bonds. The second kappa shape index (κ2) is 11.8. The first-order valence-corrected chi connectivity index (χ1v) is 12.2. The number of aliphatic hydroxyl groups excluding tert-OH is 2. The number of hydrogen-bond acceptors (Lipinski definition) is 5. The Balaban J connectivity index is 1.22. The van der Waals surface area contributed by atoms with E-state index in [1.807, 2.05) is 0 Å². The van der Waals surface area contributed by atoms with Gasteiger partial charge in [0.15, 0.2) is 0 Å². The van der Waals surface area contributed by atoms with Gasteiger partial charge >= 0.3 is 0 Å². The fourth-order valence-corrected chi connectivity index (χ4v) is 5.63. The molecule has 3 atom stereocenters. The molecule has 2 heterocycles. The van der Waals surface area contributed by atoms with E-state index in [-0.39, 0.29) is 12.2 Å². The van der Waals surface area contributed by atoms with Crippen LogP contribution in [-0.4, -0.2) is 84.1 Å². The largest absolute Gasteiger partial charge is 0.393 e. The van der Waals surface area contributed by atoms with E-state index in [2.05, 4.69) is 22.0 Å². The molecule has 2 aliphatic heterocycles. The van der Waals surface area contributed by atoms with E-state index >= 15 is 0 Å². The maximum Gasteiger partial charge on any atom is 0.0571 e. The number of aliphatic hydroxyl groups is 2. The number of likely N-dealkylation sites (tertiary alicyclic amines) is 2. The van der Waals surface area contributed by atoms with Crippen molar-refractivity contribution in [1.29, 1.82) is 0 Å². The van der Waals surface area contributed by atoms with Crippen LogP contribution in [0.3, 0.4) is 0 Å². The van der Waals surface area contributed by atoms with Gasteiger partial charge in [0.1, 0.15) is 0 Å². The molecule has 1 aliphatic carbocycles. The maximum atomic E-state index is 10.7. The highest BCUT2D eigenvalue weighted by atomic mass is 16.3. The SMILES string of the molecule is CCNC1CCC(C(O)CC2CCN(CCCCN3CCC(O)CC3)CC2)C1. The van der Waals surface area contributed by atoms with E-state index in [0.717, 1.165) is 44.8 Å². The van der Waals surface area contributed by atoms with Crippen molar-refractivity contribution in [3.8, 4) is 0 Å². The smallest absolute Gasteiger partial charge is 0.0571 e. The first-order valence-electron chi connectivity index (χ1n) is 12.2. The van der Waals surface area contributed by atoms with Crippen molar-refractivity contribution in [3.63, 3.8) is 0 Å². The Hall–Kier alpha value is -0.200. The first kappa shape index (κ1) is 22.5. The Morgan fingerprint density at radius 1 is 0.893 bits per heavy atom. The van der Waals surface area contributed by atoms with Crippen LogP contribution in [0.1, 0.15) is 71.1 Å². The molecule has 0 aromatic rings. The summed E-state index contributed by atoms with van der Waals surface area (Å²) in [5.41, 5.74) is 0. The molecule has 5 nitrogen and oxygen atoms in total. The predicted molar refractivity (Wildman–Crippen MR) is 116 cm³/mol. The van der Waals surface area contributed by atoms with Crippen molar-refractivity contribution >= 4 is 0 Å². The molecule has 3 N–H and O–H groups in total. The lowest BCUT2D eigenvalue weighted by Crippen LogP contribution is -2.38. The standard InChI is InChI=1S/C23H45N3O2/c1-2-24-21-6-5-20(18-21)23(28)17-19-7-13-25(14-8-19)11-3-4-12-26-15-9-22(27)10-16-26/h19-24,27-28H,2-18H2,1H3. The van der Waals surface area contributed by atoms with Gasteiger partial charge in [-0.3, -0.25) is 0 Å². The van der Waals surface area contributed by atoms with Crippen LogP contribution in [0.25, 0.3) is 0 Å². The lowest BCUT2D eigenvalue weighted by Gasteiger charge is -2.34. The Labute approximate surface area is 172 Å². The minimum Gasteiger partial charge on any atom is -0.393 e. The molecule has 2 saturated heterocycles. The zero-order valence-corrected chi connectivity index (χ0v) is 18.2. The van der Waals surface area contributed by atoms with Crippen LogP contribution in [-0.2, 0) is 0 Å². The molecule has 3 unspecified atom stereocenters. The summed E-state index contributed by atoms with van der Waals surface area (Å²) >= 11 is 0. The van der Waals surface area contributed by atoms with Gasteiger partial charge in [-0.25, -0.2) is 0 Å². The van der Waals surface area contributed by atoms with Crippen molar-refractivity contribution in [2.24, 2.45) is 11.8 Å². The number of unbranched alkanes of at least 4 members (excludes halogenated alkanes) is 1. The van der Waals surface area contributed by atoms with E-state index in [0.29, 0.717) is 12.0 Å². The van der Waals surface area contributed by atoms with Crippen LogP contribution in [0.15, 0.2) is 0 Å². The van der Waals surface area contributed by atoms with Gasteiger partial charge in [0.05, 0.1) is 12.2 Å². The summed E-state index contributed by atoms with van der Waals surface area (Å²) in [6.07, 6.45) is 11.5. The zero-order valence-electron chi connectivity index (χ0n) is 18.2. The molecular formula is C23H45N3O2. The summed E-state index contributed by atoms with van der Waals surface area (Å²) in [7, 11) is 0. The quantitative estimate of drug-likeness (QED) is 0.496. The van der Waals surface area contributed by atoms with E-state index in [9.17, 15) is 10.2 Å². The summed E-state index contributed by atoms with van der Waals surface area (Å²) in [5, 5.41) is 23.8. The topological polar surface area (TPSA) is 59.0 Å². The number of rotatable bonds is 10. The van der Waals surface area contributed by atoms with E-state index < -0.39 is 0 Å². The molecule has 0 aromatic carbocycles. The first-order chi connectivity index (χ1) is 13.6. The Morgan fingerprint density at radius 3 is 2.11 bits per heavy atom. The van der Waals surface area contributed by atoms with Crippen molar-refractivity contribution in [2.45, 2.75) is 89.4 Å².